The van der Waals surface area contributed by atoms with Crippen LogP contribution in [0.15, 0.2) is 58.5 Å². The SMILES string of the molecule is COc1cccc(-c2nc(COC(=O)CCc3ncc(-c4ccc(F)cc4F)o3)cs2)c1. The van der Waals surface area contributed by atoms with Gasteiger partial charge in [0, 0.05) is 23.4 Å². The van der Waals surface area contributed by atoms with E-state index in [0.29, 0.717) is 5.69 Å². The standard InChI is InChI=1S/C23H18F2N2O4S/c1-29-17-4-2-3-14(9-17)23-27-16(13-32-23)12-30-22(28)8-7-21-26-11-20(31-21)18-6-5-15(24)10-19(18)25/h2-6,9-11,13H,7-8,12H2,1H3. The van der Waals surface area contributed by atoms with Crippen molar-refractivity contribution >= 4 is 17.3 Å². The summed E-state index contributed by atoms with van der Waals surface area (Å²) < 4.78 is 42.9. The van der Waals surface area contributed by atoms with E-state index in [1.807, 2.05) is 29.6 Å². The van der Waals surface area contributed by atoms with Crippen molar-refractivity contribution in [1.29, 1.82) is 0 Å². The lowest BCUT2D eigenvalue weighted by Crippen LogP contribution is -2.06. The number of hydrogen-bond acceptors (Lipinski definition) is 7. The summed E-state index contributed by atoms with van der Waals surface area (Å²) in [5.41, 5.74) is 1.67. The molecule has 0 saturated carbocycles. The van der Waals surface area contributed by atoms with Crippen molar-refractivity contribution in [3.63, 3.8) is 0 Å². The fourth-order valence-electron chi connectivity index (χ4n) is 2.94. The Balaban J connectivity index is 1.29. The zero-order chi connectivity index (χ0) is 22.5. The summed E-state index contributed by atoms with van der Waals surface area (Å²) in [4.78, 5) is 20.6. The zero-order valence-corrected chi connectivity index (χ0v) is 17.8. The lowest BCUT2D eigenvalue weighted by atomic mass is 10.2. The van der Waals surface area contributed by atoms with Gasteiger partial charge < -0.3 is 13.9 Å². The summed E-state index contributed by atoms with van der Waals surface area (Å²) >= 11 is 1.45. The van der Waals surface area contributed by atoms with E-state index in [4.69, 9.17) is 13.9 Å². The molecule has 32 heavy (non-hydrogen) atoms. The van der Waals surface area contributed by atoms with Crippen LogP contribution >= 0.6 is 11.3 Å². The van der Waals surface area contributed by atoms with Crippen molar-refractivity contribution in [2.75, 3.05) is 7.11 Å². The molecule has 0 aliphatic heterocycles. The number of methoxy groups -OCH3 is 1. The van der Waals surface area contributed by atoms with Crippen molar-refractivity contribution in [2.45, 2.75) is 19.4 Å². The van der Waals surface area contributed by atoms with Crippen molar-refractivity contribution in [3.05, 3.63) is 77.3 Å². The topological polar surface area (TPSA) is 74.5 Å². The molecule has 164 valence electrons. The van der Waals surface area contributed by atoms with Crippen LogP contribution < -0.4 is 4.74 Å². The van der Waals surface area contributed by atoms with E-state index in [2.05, 4.69) is 9.97 Å². The lowest BCUT2D eigenvalue weighted by molar-refractivity contribution is -0.145. The van der Waals surface area contributed by atoms with E-state index in [1.54, 1.807) is 7.11 Å². The molecule has 4 rings (SSSR count). The highest BCUT2D eigenvalue weighted by Crippen LogP contribution is 2.27. The molecule has 2 aromatic heterocycles. The summed E-state index contributed by atoms with van der Waals surface area (Å²) in [6.07, 6.45) is 1.57. The molecule has 6 nitrogen and oxygen atoms in total. The Morgan fingerprint density at radius 1 is 1.19 bits per heavy atom. The number of rotatable bonds is 8. The fourth-order valence-corrected chi connectivity index (χ4v) is 3.74. The van der Waals surface area contributed by atoms with Crippen LogP contribution in [0.25, 0.3) is 21.9 Å². The van der Waals surface area contributed by atoms with Gasteiger partial charge in [-0.05, 0) is 24.3 Å². The highest BCUT2D eigenvalue weighted by atomic mass is 32.1. The second-order valence-corrected chi connectivity index (χ2v) is 7.64. The number of thiazole rings is 1. The molecule has 0 amide bonds. The number of hydrogen-bond donors (Lipinski definition) is 0. The average molecular weight is 456 g/mol. The fraction of sp³-hybridized carbons (Fsp3) is 0.174. The molecular weight excluding hydrogens is 438 g/mol. The molecule has 0 saturated heterocycles. The van der Waals surface area contributed by atoms with Crippen LogP contribution in [-0.4, -0.2) is 23.0 Å². The lowest BCUT2D eigenvalue weighted by Gasteiger charge is -2.02. The number of halogens is 2. The zero-order valence-electron chi connectivity index (χ0n) is 17.0. The van der Waals surface area contributed by atoms with Gasteiger partial charge in [-0.2, -0.15) is 0 Å². The summed E-state index contributed by atoms with van der Waals surface area (Å²) in [6, 6.07) is 10.7. The Labute approximate surface area is 186 Å². The predicted molar refractivity (Wildman–Crippen MR) is 114 cm³/mol. The molecule has 0 aliphatic carbocycles. The van der Waals surface area contributed by atoms with Crippen LogP contribution in [0.5, 0.6) is 5.75 Å². The first-order valence-electron chi connectivity index (χ1n) is 9.66. The molecule has 0 bridgehead atoms. The quantitative estimate of drug-likeness (QED) is 0.329. The first kappa shape index (κ1) is 21.6. The van der Waals surface area contributed by atoms with Crippen LogP contribution in [0.3, 0.4) is 0 Å². The minimum atomic E-state index is -0.747. The summed E-state index contributed by atoms with van der Waals surface area (Å²) in [5.74, 6) is -0.697. The second kappa shape index (κ2) is 9.69. The molecule has 0 fully saturated rings. The number of oxazole rings is 1. The Hall–Kier alpha value is -3.59. The molecule has 0 N–H and O–H groups in total. The number of aromatic nitrogens is 2. The van der Waals surface area contributed by atoms with Gasteiger partial charge >= 0.3 is 5.97 Å². The average Bonchev–Trinajstić information content (AvgIpc) is 3.46. The van der Waals surface area contributed by atoms with Crippen LogP contribution in [-0.2, 0) is 22.6 Å². The van der Waals surface area contributed by atoms with Gasteiger partial charge in [0.05, 0.1) is 31.0 Å². The third kappa shape index (κ3) is 5.17. The van der Waals surface area contributed by atoms with E-state index in [0.717, 1.165) is 28.5 Å². The van der Waals surface area contributed by atoms with Gasteiger partial charge in [-0.3, -0.25) is 4.79 Å². The van der Waals surface area contributed by atoms with Crippen LogP contribution in [0.4, 0.5) is 8.78 Å². The molecule has 0 spiro atoms. The number of aryl methyl sites for hydroxylation is 1. The number of carbonyl (C=O) groups excluding carboxylic acids is 1. The van der Waals surface area contributed by atoms with Gasteiger partial charge in [0.25, 0.3) is 0 Å². The van der Waals surface area contributed by atoms with Gasteiger partial charge in [-0.25, -0.2) is 18.7 Å². The number of carbonyl (C=O) groups is 1. The van der Waals surface area contributed by atoms with E-state index in [9.17, 15) is 13.6 Å². The number of nitrogens with zero attached hydrogens (tertiary/aromatic N) is 2. The van der Waals surface area contributed by atoms with E-state index in [1.165, 1.54) is 23.6 Å². The van der Waals surface area contributed by atoms with Gasteiger partial charge in [0.15, 0.2) is 11.7 Å². The van der Waals surface area contributed by atoms with Crippen LogP contribution in [0.1, 0.15) is 18.0 Å². The maximum Gasteiger partial charge on any atom is 0.306 e. The maximum atomic E-state index is 13.9. The Bertz CT molecular complexity index is 1240. The summed E-state index contributed by atoms with van der Waals surface area (Å²) in [6.45, 7) is 0.0525. The Morgan fingerprint density at radius 2 is 2.06 bits per heavy atom. The summed E-state index contributed by atoms with van der Waals surface area (Å²) in [5, 5.41) is 2.63. The van der Waals surface area contributed by atoms with Gasteiger partial charge in [-0.15, -0.1) is 11.3 Å². The minimum Gasteiger partial charge on any atom is -0.497 e. The maximum absolute atomic E-state index is 13.9. The van der Waals surface area contributed by atoms with Crippen molar-refractivity contribution < 1.29 is 27.5 Å². The first-order valence-corrected chi connectivity index (χ1v) is 10.5. The predicted octanol–water partition coefficient (Wildman–Crippen LogP) is 5.43. The number of benzene rings is 2. The monoisotopic (exact) mass is 456 g/mol. The summed E-state index contributed by atoms with van der Waals surface area (Å²) in [7, 11) is 1.60. The molecule has 2 aromatic carbocycles. The molecule has 9 heteroatoms. The minimum absolute atomic E-state index is 0.0404. The van der Waals surface area contributed by atoms with E-state index < -0.39 is 17.6 Å². The van der Waals surface area contributed by atoms with E-state index >= 15 is 0 Å². The van der Waals surface area contributed by atoms with Crippen molar-refractivity contribution in [3.8, 4) is 27.6 Å². The highest BCUT2D eigenvalue weighted by Gasteiger charge is 2.14. The molecule has 2 heterocycles. The Kier molecular flexibility index (Phi) is 6.55. The highest BCUT2D eigenvalue weighted by molar-refractivity contribution is 7.13. The molecular formula is C23H18F2N2O4S. The van der Waals surface area contributed by atoms with Gasteiger partial charge in [0.2, 0.25) is 0 Å². The third-order valence-electron chi connectivity index (χ3n) is 4.54. The molecule has 0 atom stereocenters. The van der Waals surface area contributed by atoms with Crippen molar-refractivity contribution in [2.24, 2.45) is 0 Å². The molecule has 4 aromatic rings. The van der Waals surface area contributed by atoms with Crippen LogP contribution in [0, 0.1) is 11.6 Å². The first-order chi connectivity index (χ1) is 15.5. The number of ether oxygens (including phenoxy) is 2. The normalized spacial score (nSPS) is 10.8. The molecule has 0 radical (unpaired) electrons. The number of esters is 1. The largest absolute Gasteiger partial charge is 0.497 e. The second-order valence-electron chi connectivity index (χ2n) is 6.78. The Morgan fingerprint density at radius 3 is 2.88 bits per heavy atom. The van der Waals surface area contributed by atoms with Gasteiger partial charge in [-0.1, -0.05) is 12.1 Å². The van der Waals surface area contributed by atoms with Gasteiger partial charge in [0.1, 0.15) is 29.0 Å². The smallest absolute Gasteiger partial charge is 0.306 e. The molecule has 0 unspecified atom stereocenters. The third-order valence-corrected chi connectivity index (χ3v) is 5.48. The van der Waals surface area contributed by atoms with Crippen molar-refractivity contribution in [1.82, 2.24) is 9.97 Å². The molecule has 0 aliphatic rings. The van der Waals surface area contributed by atoms with Crippen LogP contribution in [0.2, 0.25) is 0 Å². The van der Waals surface area contributed by atoms with E-state index in [-0.39, 0.29) is 36.7 Å².